The van der Waals surface area contributed by atoms with E-state index >= 15 is 0 Å². The molecule has 1 saturated heterocycles. The van der Waals surface area contributed by atoms with Crippen LogP contribution < -0.4 is 14.5 Å². The van der Waals surface area contributed by atoms with Crippen LogP contribution >= 0.6 is 0 Å². The summed E-state index contributed by atoms with van der Waals surface area (Å²) >= 11 is 0. The Morgan fingerprint density at radius 2 is 1.91 bits per heavy atom. The molecular weight excluding hydrogens is 467 g/mol. The number of hydrogen-bond acceptors (Lipinski definition) is 8. The summed E-state index contributed by atoms with van der Waals surface area (Å²) in [6.45, 7) is 3.73. The topological polar surface area (TPSA) is 81.4 Å². The highest BCUT2D eigenvalue weighted by Gasteiger charge is 2.36. The zero-order valence-electron chi connectivity index (χ0n) is 19.4. The van der Waals surface area contributed by atoms with E-state index in [9.17, 15) is 18.0 Å². The molecule has 2 aromatic heterocycles. The third kappa shape index (κ3) is 5.59. The molecule has 9 nitrogen and oxygen atoms in total. The van der Waals surface area contributed by atoms with Crippen molar-refractivity contribution in [2.45, 2.75) is 19.6 Å². The first-order valence-corrected chi connectivity index (χ1v) is 11.1. The normalized spacial score (nSPS) is 14.3. The second-order valence-electron chi connectivity index (χ2n) is 7.87. The number of benzene rings is 1. The number of imidazole rings is 1. The molecule has 1 aliphatic rings. The number of carbonyl (C=O) groups excluding carboxylic acids is 1. The third-order valence-electron chi connectivity index (χ3n) is 5.56. The first-order chi connectivity index (χ1) is 16.8. The van der Waals surface area contributed by atoms with Gasteiger partial charge in [-0.05, 0) is 24.6 Å². The van der Waals surface area contributed by atoms with E-state index < -0.39 is 17.8 Å². The SMILES string of the molecule is CCOC(=O)CN(Cc1ccc(OC)cc1)c1cc(N2CCOCC2)nn2c(C(F)(F)F)cnc12. The third-order valence-corrected chi connectivity index (χ3v) is 5.56. The number of halogens is 3. The Morgan fingerprint density at radius 1 is 1.20 bits per heavy atom. The van der Waals surface area contributed by atoms with Gasteiger partial charge in [-0.3, -0.25) is 4.79 Å². The van der Waals surface area contributed by atoms with Crippen molar-refractivity contribution in [2.24, 2.45) is 0 Å². The lowest BCUT2D eigenvalue weighted by Crippen LogP contribution is -2.37. The van der Waals surface area contributed by atoms with Gasteiger partial charge in [0.1, 0.15) is 12.3 Å². The summed E-state index contributed by atoms with van der Waals surface area (Å²) < 4.78 is 57.8. The Kier molecular flexibility index (Phi) is 7.29. The molecule has 0 aliphatic carbocycles. The molecule has 35 heavy (non-hydrogen) atoms. The van der Waals surface area contributed by atoms with Crippen LogP contribution in [0.2, 0.25) is 0 Å². The van der Waals surface area contributed by atoms with Crippen LogP contribution in [0.3, 0.4) is 0 Å². The van der Waals surface area contributed by atoms with E-state index in [4.69, 9.17) is 14.2 Å². The van der Waals surface area contributed by atoms with Crippen LogP contribution in [0.25, 0.3) is 5.65 Å². The summed E-state index contributed by atoms with van der Waals surface area (Å²) in [6.07, 6.45) is -3.90. The Bertz CT molecular complexity index is 1160. The summed E-state index contributed by atoms with van der Waals surface area (Å²) in [5.41, 5.74) is 0.151. The first-order valence-electron chi connectivity index (χ1n) is 11.1. The lowest BCUT2D eigenvalue weighted by molar-refractivity contribution is -0.143. The molecule has 1 aliphatic heterocycles. The number of anilines is 2. The zero-order valence-corrected chi connectivity index (χ0v) is 19.4. The molecule has 3 heterocycles. The highest BCUT2D eigenvalue weighted by molar-refractivity contribution is 5.80. The standard InChI is InChI=1S/C23H26F3N5O4/c1-3-35-21(32)15-30(14-16-4-6-17(33-2)7-5-16)18-12-20(29-8-10-34-11-9-29)28-31-19(23(24,25)26)13-27-22(18)31/h4-7,12-13H,3,8-11,14-15H2,1-2H3. The number of morpholine rings is 1. The van der Waals surface area contributed by atoms with E-state index in [0.29, 0.717) is 43.6 Å². The number of alkyl halides is 3. The van der Waals surface area contributed by atoms with Crippen molar-refractivity contribution in [1.29, 1.82) is 0 Å². The summed E-state index contributed by atoms with van der Waals surface area (Å²) in [7, 11) is 1.56. The van der Waals surface area contributed by atoms with Gasteiger partial charge in [-0.2, -0.15) is 13.2 Å². The van der Waals surface area contributed by atoms with E-state index in [1.54, 1.807) is 37.1 Å². The highest BCUT2D eigenvalue weighted by Crippen LogP contribution is 2.34. The maximum atomic E-state index is 13.8. The van der Waals surface area contributed by atoms with Gasteiger partial charge in [0, 0.05) is 25.7 Å². The zero-order chi connectivity index (χ0) is 25.0. The molecule has 0 bridgehead atoms. The molecule has 0 radical (unpaired) electrons. The van der Waals surface area contributed by atoms with E-state index in [1.807, 2.05) is 17.0 Å². The molecule has 3 aromatic rings. The molecular formula is C23H26F3N5O4. The van der Waals surface area contributed by atoms with Crippen molar-refractivity contribution in [3.8, 4) is 5.75 Å². The van der Waals surface area contributed by atoms with Crippen molar-refractivity contribution in [1.82, 2.24) is 14.6 Å². The van der Waals surface area contributed by atoms with Gasteiger partial charge in [-0.1, -0.05) is 12.1 Å². The van der Waals surface area contributed by atoms with Gasteiger partial charge in [0.2, 0.25) is 0 Å². The number of carbonyl (C=O) groups is 1. The van der Waals surface area contributed by atoms with Gasteiger partial charge in [-0.15, -0.1) is 5.10 Å². The van der Waals surface area contributed by atoms with E-state index in [0.717, 1.165) is 16.3 Å². The van der Waals surface area contributed by atoms with Gasteiger partial charge in [0.05, 0.1) is 38.8 Å². The van der Waals surface area contributed by atoms with Crippen LogP contribution in [0.4, 0.5) is 24.7 Å². The molecule has 0 atom stereocenters. The van der Waals surface area contributed by atoms with Gasteiger partial charge in [0.25, 0.3) is 0 Å². The Hall–Kier alpha value is -3.54. The van der Waals surface area contributed by atoms with Crippen molar-refractivity contribution in [3.63, 3.8) is 0 Å². The molecule has 12 heteroatoms. The summed E-state index contributed by atoms with van der Waals surface area (Å²) in [6, 6.07) is 8.86. The van der Waals surface area contributed by atoms with Gasteiger partial charge in [0.15, 0.2) is 17.2 Å². The molecule has 0 spiro atoms. The summed E-state index contributed by atoms with van der Waals surface area (Å²) in [4.78, 5) is 20.0. The molecule has 0 N–H and O–H groups in total. The van der Waals surface area contributed by atoms with Crippen LogP contribution in [0.15, 0.2) is 36.5 Å². The van der Waals surface area contributed by atoms with Crippen LogP contribution in [0, 0.1) is 0 Å². The lowest BCUT2D eigenvalue weighted by Gasteiger charge is -2.30. The summed E-state index contributed by atoms with van der Waals surface area (Å²) in [5, 5.41) is 4.26. The van der Waals surface area contributed by atoms with Crippen molar-refractivity contribution in [3.05, 3.63) is 47.8 Å². The first kappa shape index (κ1) is 24.6. The highest BCUT2D eigenvalue weighted by atomic mass is 19.4. The molecule has 1 aromatic carbocycles. The van der Waals surface area contributed by atoms with E-state index in [2.05, 4.69) is 10.1 Å². The van der Waals surface area contributed by atoms with Gasteiger partial charge >= 0.3 is 12.1 Å². The number of methoxy groups -OCH3 is 1. The van der Waals surface area contributed by atoms with Crippen LogP contribution in [0.5, 0.6) is 5.75 Å². The molecule has 4 rings (SSSR count). The minimum atomic E-state index is -4.66. The molecule has 0 saturated carbocycles. The smallest absolute Gasteiger partial charge is 0.435 e. The van der Waals surface area contributed by atoms with Crippen LogP contribution in [0.1, 0.15) is 18.2 Å². The number of nitrogens with zero attached hydrogens (tertiary/aromatic N) is 5. The number of fused-ring (bicyclic) bond motifs is 1. The minimum Gasteiger partial charge on any atom is -0.497 e. The lowest BCUT2D eigenvalue weighted by atomic mass is 10.2. The predicted molar refractivity (Wildman–Crippen MR) is 122 cm³/mol. The van der Waals surface area contributed by atoms with Crippen molar-refractivity contribution >= 4 is 23.1 Å². The number of ether oxygens (including phenoxy) is 3. The molecule has 0 unspecified atom stereocenters. The summed E-state index contributed by atoms with van der Waals surface area (Å²) in [5.74, 6) is 0.490. The Labute approximate surface area is 200 Å². The number of rotatable bonds is 8. The molecule has 0 amide bonds. The fourth-order valence-electron chi connectivity index (χ4n) is 3.85. The monoisotopic (exact) mass is 493 g/mol. The fourth-order valence-corrected chi connectivity index (χ4v) is 3.85. The molecule has 188 valence electrons. The van der Waals surface area contributed by atoms with Crippen LogP contribution in [-0.2, 0) is 27.0 Å². The number of esters is 1. The second-order valence-corrected chi connectivity index (χ2v) is 7.87. The Balaban J connectivity index is 1.82. The Morgan fingerprint density at radius 3 is 2.54 bits per heavy atom. The van der Waals surface area contributed by atoms with Crippen molar-refractivity contribution < 1.29 is 32.2 Å². The number of aromatic nitrogens is 3. The van der Waals surface area contributed by atoms with Crippen molar-refractivity contribution in [2.75, 3.05) is 56.4 Å². The van der Waals surface area contributed by atoms with Crippen LogP contribution in [-0.4, -0.2) is 67.1 Å². The average Bonchev–Trinajstić information content (AvgIpc) is 3.29. The van der Waals surface area contributed by atoms with E-state index in [1.165, 1.54) is 0 Å². The van der Waals surface area contributed by atoms with Gasteiger partial charge < -0.3 is 24.0 Å². The second kappa shape index (κ2) is 10.4. The fraction of sp³-hybridized carbons (Fsp3) is 0.435. The average molecular weight is 493 g/mol. The largest absolute Gasteiger partial charge is 0.497 e. The minimum absolute atomic E-state index is 0.00727. The molecule has 1 fully saturated rings. The predicted octanol–water partition coefficient (Wildman–Crippen LogP) is 3.16. The van der Waals surface area contributed by atoms with Gasteiger partial charge in [-0.25, -0.2) is 9.50 Å². The maximum Gasteiger partial charge on any atom is 0.435 e. The number of hydrogen-bond donors (Lipinski definition) is 0. The van der Waals surface area contributed by atoms with E-state index in [-0.39, 0.29) is 25.3 Å². The quantitative estimate of drug-likeness (QED) is 0.443. The maximum absolute atomic E-state index is 13.8.